The molecule has 1 unspecified atom stereocenters. The number of nitrogens with zero attached hydrogens (tertiary/aromatic N) is 2. The van der Waals surface area contributed by atoms with Gasteiger partial charge in [0.2, 0.25) is 35.4 Å². The average Bonchev–Trinajstić information content (AvgIpc) is 2.33. The molecule has 0 bridgehead atoms. The molecule has 9 rings (SSSR count). The van der Waals surface area contributed by atoms with Gasteiger partial charge in [-0.05, 0) is 125 Å². The molecule has 2 saturated heterocycles. The number of hydrogen-bond acceptors (Lipinski definition) is 10. The van der Waals surface area contributed by atoms with Gasteiger partial charge in [0, 0.05) is 36.3 Å². The van der Waals surface area contributed by atoms with Gasteiger partial charge in [0.05, 0.1) is 24.2 Å². The molecule has 86 heavy (non-hydrogen) atoms. The van der Waals surface area contributed by atoms with Gasteiger partial charge in [0.1, 0.15) is 24.2 Å². The number of rotatable bonds is 22. The maximum Gasteiger partial charge on any atom is 0.251 e. The second kappa shape index (κ2) is 29.7. The number of likely N-dealkylation sites (tertiary alicyclic amines) is 2. The van der Waals surface area contributed by atoms with Crippen LogP contribution in [-0.4, -0.2) is 133 Å². The summed E-state index contributed by atoms with van der Waals surface area (Å²) in [6, 6.07) is 37.1. The molecule has 8 N–H and O–H groups in total. The molecule has 2 heterocycles. The van der Waals surface area contributed by atoms with Crippen LogP contribution in [0.25, 0.3) is 0 Å². The fourth-order valence-electron chi connectivity index (χ4n) is 12.8. The third-order valence-electron chi connectivity index (χ3n) is 18.0. The fraction of sp³-hybridized carbons (Fsp3) is 0.441. The van der Waals surface area contributed by atoms with Gasteiger partial charge < -0.3 is 52.3 Å². The van der Waals surface area contributed by atoms with Crippen LogP contribution < -0.4 is 42.5 Å². The van der Waals surface area contributed by atoms with Gasteiger partial charge in [-0.2, -0.15) is 0 Å². The average molecular weight is 1170 g/mol. The number of carbonyl (C=O) groups excluding carboxylic acids is 8. The van der Waals surface area contributed by atoms with E-state index in [1.165, 1.54) is 34.1 Å². The van der Waals surface area contributed by atoms with E-state index in [0.717, 1.165) is 86.5 Å². The largest absolute Gasteiger partial charge is 0.347 e. The summed E-state index contributed by atoms with van der Waals surface area (Å²) in [6.07, 6.45) is 8.88. The van der Waals surface area contributed by atoms with Crippen LogP contribution >= 0.6 is 0 Å². The number of carbonyl (C=O) groups is 8. The minimum atomic E-state index is -1.00. The van der Waals surface area contributed by atoms with Crippen molar-refractivity contribution in [2.24, 2.45) is 11.8 Å². The van der Waals surface area contributed by atoms with Gasteiger partial charge in [-0.25, -0.2) is 0 Å². The normalized spacial score (nSPS) is 20.5. The Kier molecular flexibility index (Phi) is 21.5. The van der Waals surface area contributed by atoms with E-state index in [1.54, 1.807) is 27.9 Å². The van der Waals surface area contributed by atoms with Gasteiger partial charge in [0.15, 0.2) is 0 Å². The number of likely N-dealkylation sites (N-methyl/N-ethyl adjacent to an activating group) is 2. The van der Waals surface area contributed by atoms with E-state index in [9.17, 15) is 28.8 Å². The standard InChI is InChI=1S/C68H84N10O8/c1-43(69-3)61(79)75-59(49-31-19-9-20-32-49)67(85)77-41-53(39-55(77)65(83)73-57(45-23-11-5-12-24-45)46-25-13-6-14-26-46)71-63(81)51-35-37-52(38-36-51)64(82)72-54-40-56(66(84)74-58(47-27-15-7-16-28-47)48-29-17-8-18-30-48)78(42-54)68(86)60(50-33-21-10-22-34-50)76-62(80)44(2)70-4/h5-8,11-18,23-30,35-38,43-44,49-50,53-60,69-70H,9-10,19-22,31-34,39-42H2,1-4H3,(H,71,81)(H,72,82)(H,73,83)(H,74,84)(H,75,79)(H,76,80)/t43-,44-,53-,54-,55-,56?,59-,60-/m0/s1. The Morgan fingerprint density at radius 3 is 1.00 bits per heavy atom. The van der Waals surface area contributed by atoms with E-state index < -0.39 is 84.0 Å². The zero-order valence-corrected chi connectivity index (χ0v) is 49.8. The first kappa shape index (κ1) is 62.3. The lowest BCUT2D eigenvalue weighted by Gasteiger charge is -2.35. The molecule has 0 spiro atoms. The molecule has 4 fully saturated rings. The minimum Gasteiger partial charge on any atom is -0.347 e. The molecule has 2 aliphatic heterocycles. The summed E-state index contributed by atoms with van der Waals surface area (Å²) >= 11 is 0. The van der Waals surface area contributed by atoms with E-state index in [1.807, 2.05) is 121 Å². The Balaban J connectivity index is 0.927. The van der Waals surface area contributed by atoms with E-state index in [0.29, 0.717) is 0 Å². The predicted octanol–water partition coefficient (Wildman–Crippen LogP) is 6.24. The molecular formula is C68H84N10O8. The van der Waals surface area contributed by atoms with Crippen LogP contribution in [0.1, 0.15) is 146 Å². The summed E-state index contributed by atoms with van der Waals surface area (Å²) in [6.45, 7) is 3.47. The van der Waals surface area contributed by atoms with Crippen molar-refractivity contribution in [2.75, 3.05) is 27.2 Å². The van der Waals surface area contributed by atoms with Crippen molar-refractivity contribution in [1.82, 2.24) is 52.3 Å². The van der Waals surface area contributed by atoms with Crippen LogP contribution in [-0.2, 0) is 28.8 Å². The molecule has 18 nitrogen and oxygen atoms in total. The molecular weight excluding hydrogens is 1080 g/mol. The van der Waals surface area contributed by atoms with Crippen molar-refractivity contribution in [3.05, 3.63) is 179 Å². The van der Waals surface area contributed by atoms with Gasteiger partial charge >= 0.3 is 0 Å². The number of nitrogens with one attached hydrogen (secondary N) is 8. The molecule has 4 aliphatic rings. The van der Waals surface area contributed by atoms with Crippen molar-refractivity contribution < 1.29 is 38.4 Å². The van der Waals surface area contributed by atoms with Crippen LogP contribution in [0, 0.1) is 11.8 Å². The van der Waals surface area contributed by atoms with Crippen LogP contribution in [0.15, 0.2) is 146 Å². The van der Waals surface area contributed by atoms with Crippen molar-refractivity contribution in [2.45, 2.75) is 151 Å². The summed E-state index contributed by atoms with van der Waals surface area (Å²) < 4.78 is 0. The molecule has 8 amide bonds. The van der Waals surface area contributed by atoms with Crippen molar-refractivity contribution in [1.29, 1.82) is 0 Å². The number of hydrogen-bond donors (Lipinski definition) is 8. The highest BCUT2D eigenvalue weighted by atomic mass is 16.2. The van der Waals surface area contributed by atoms with Crippen molar-refractivity contribution in [3.63, 3.8) is 0 Å². The highest BCUT2D eigenvalue weighted by Crippen LogP contribution is 2.33. The Hall–Kier alpha value is -8.22. The second-order valence-corrected chi connectivity index (χ2v) is 23.7. The Bertz CT molecular complexity index is 2820. The molecule has 5 aromatic carbocycles. The summed E-state index contributed by atoms with van der Waals surface area (Å²) in [4.78, 5) is 118. The highest BCUT2D eigenvalue weighted by Gasteiger charge is 2.47. The summed E-state index contributed by atoms with van der Waals surface area (Å²) in [7, 11) is 3.36. The Morgan fingerprint density at radius 2 is 0.709 bits per heavy atom. The monoisotopic (exact) mass is 1170 g/mol. The van der Waals surface area contributed by atoms with E-state index >= 15 is 9.59 Å². The highest BCUT2D eigenvalue weighted by molar-refractivity contribution is 5.99. The number of amides is 8. The van der Waals surface area contributed by atoms with Gasteiger partial charge in [0.25, 0.3) is 11.8 Å². The Morgan fingerprint density at radius 1 is 0.407 bits per heavy atom. The van der Waals surface area contributed by atoms with Crippen molar-refractivity contribution >= 4 is 47.3 Å². The SMILES string of the molecule is CN[C@@H](C)C(=O)N[C@H](C(=O)N1C[C@@H](NC(=O)c2ccc(C(=O)N[C@H]3C[C@@H](C(=O)NC(c4ccccc4)c4ccccc4)N(C(=O)[C@@H](NC(=O)[C@H](C)NC)C4CCCCC4)C3)cc2)CC1C(=O)NC(c1ccccc1)c1ccccc1)C1CCCCC1. The maximum atomic E-state index is 15.1. The maximum absolute atomic E-state index is 15.1. The molecule has 2 aliphatic carbocycles. The first-order chi connectivity index (χ1) is 41.7. The lowest BCUT2D eigenvalue weighted by atomic mass is 9.83. The van der Waals surface area contributed by atoms with E-state index in [2.05, 4.69) is 42.5 Å². The third kappa shape index (κ3) is 15.4. The fourth-order valence-corrected chi connectivity index (χ4v) is 12.8. The molecule has 18 heteroatoms. The summed E-state index contributed by atoms with van der Waals surface area (Å²) in [5.41, 5.74) is 3.87. The van der Waals surface area contributed by atoms with Gasteiger partial charge in [-0.3, -0.25) is 38.4 Å². The molecule has 5 aromatic rings. The molecule has 454 valence electrons. The molecule has 0 radical (unpaired) electrons. The molecule has 2 saturated carbocycles. The van der Waals surface area contributed by atoms with E-state index in [-0.39, 0.29) is 72.5 Å². The third-order valence-corrected chi connectivity index (χ3v) is 18.0. The van der Waals surface area contributed by atoms with Crippen LogP contribution in [0.4, 0.5) is 0 Å². The van der Waals surface area contributed by atoms with Gasteiger partial charge in [-0.15, -0.1) is 0 Å². The smallest absolute Gasteiger partial charge is 0.251 e. The van der Waals surface area contributed by atoms with Crippen LogP contribution in [0.3, 0.4) is 0 Å². The quantitative estimate of drug-likeness (QED) is 0.0388. The lowest BCUT2D eigenvalue weighted by molar-refractivity contribution is -0.143. The summed E-state index contributed by atoms with van der Waals surface area (Å²) in [5.74, 6) is -3.45. The Labute approximate surface area is 505 Å². The lowest BCUT2D eigenvalue weighted by Crippen LogP contribution is -2.58. The summed E-state index contributed by atoms with van der Waals surface area (Å²) in [5, 5.41) is 24.7. The zero-order chi connectivity index (χ0) is 60.7. The van der Waals surface area contributed by atoms with Crippen molar-refractivity contribution in [3.8, 4) is 0 Å². The first-order valence-corrected chi connectivity index (χ1v) is 30.8. The van der Waals surface area contributed by atoms with Crippen LogP contribution in [0.2, 0.25) is 0 Å². The zero-order valence-electron chi connectivity index (χ0n) is 49.8. The second-order valence-electron chi connectivity index (χ2n) is 23.7. The number of benzene rings is 5. The van der Waals surface area contributed by atoms with E-state index in [4.69, 9.17) is 0 Å². The van der Waals surface area contributed by atoms with Crippen LogP contribution in [0.5, 0.6) is 0 Å². The molecule has 8 atom stereocenters. The first-order valence-electron chi connectivity index (χ1n) is 30.8. The minimum absolute atomic E-state index is 0.00704. The van der Waals surface area contributed by atoms with Gasteiger partial charge in [-0.1, -0.05) is 160 Å². The predicted molar refractivity (Wildman–Crippen MR) is 329 cm³/mol. The topological polar surface area (TPSA) is 239 Å². The molecule has 0 aromatic heterocycles.